The van der Waals surface area contributed by atoms with Crippen molar-refractivity contribution in [3.05, 3.63) is 59.9 Å². The average molecular weight is 315 g/mol. The number of nitrogens with one attached hydrogen (secondary N) is 3. The minimum Gasteiger partial charge on any atom is -0.326 e. The number of halogens is 1. The molecule has 0 bridgehead atoms. The number of hydrogen-bond donors (Lipinski definition) is 3. The highest BCUT2D eigenvalue weighted by atomic mass is 19.1. The van der Waals surface area contributed by atoms with Crippen LogP contribution in [0.4, 0.5) is 15.8 Å². The summed E-state index contributed by atoms with van der Waals surface area (Å²) in [5, 5.41) is 8.37. The predicted molar refractivity (Wildman–Crippen MR) is 87.5 cm³/mol. The Morgan fingerprint density at radius 3 is 2.30 bits per heavy atom. The SMILES string of the molecule is CC(=O)Nc1cccc(NC(=O)CNCc2ccc(F)cc2)c1. The van der Waals surface area contributed by atoms with Crippen LogP contribution in [0.5, 0.6) is 0 Å². The van der Waals surface area contributed by atoms with Gasteiger partial charge < -0.3 is 16.0 Å². The molecule has 0 saturated heterocycles. The highest BCUT2D eigenvalue weighted by Crippen LogP contribution is 2.14. The maximum Gasteiger partial charge on any atom is 0.238 e. The van der Waals surface area contributed by atoms with E-state index in [-0.39, 0.29) is 24.2 Å². The zero-order chi connectivity index (χ0) is 16.7. The summed E-state index contributed by atoms with van der Waals surface area (Å²) in [4.78, 5) is 22.9. The predicted octanol–water partition coefficient (Wildman–Crippen LogP) is 2.51. The van der Waals surface area contributed by atoms with Crippen molar-refractivity contribution in [2.45, 2.75) is 13.5 Å². The highest BCUT2D eigenvalue weighted by Gasteiger charge is 2.03. The lowest BCUT2D eigenvalue weighted by molar-refractivity contribution is -0.115. The van der Waals surface area contributed by atoms with Gasteiger partial charge in [-0.2, -0.15) is 0 Å². The minimum absolute atomic E-state index is 0.127. The molecule has 0 unspecified atom stereocenters. The van der Waals surface area contributed by atoms with Gasteiger partial charge in [0.05, 0.1) is 6.54 Å². The van der Waals surface area contributed by atoms with Crippen molar-refractivity contribution in [2.24, 2.45) is 0 Å². The molecule has 0 radical (unpaired) electrons. The minimum atomic E-state index is -0.287. The van der Waals surface area contributed by atoms with E-state index in [1.54, 1.807) is 36.4 Å². The number of benzene rings is 2. The summed E-state index contributed by atoms with van der Waals surface area (Å²) in [6.45, 7) is 2.02. The molecule has 0 atom stereocenters. The van der Waals surface area contributed by atoms with Crippen LogP contribution in [-0.4, -0.2) is 18.4 Å². The monoisotopic (exact) mass is 315 g/mol. The summed E-state index contributed by atoms with van der Waals surface area (Å²) >= 11 is 0. The van der Waals surface area contributed by atoms with E-state index in [4.69, 9.17) is 0 Å². The standard InChI is InChI=1S/C17H18FN3O2/c1-12(22)20-15-3-2-4-16(9-15)21-17(23)11-19-10-13-5-7-14(18)8-6-13/h2-9,19H,10-11H2,1H3,(H,20,22)(H,21,23). The normalized spacial score (nSPS) is 10.2. The van der Waals surface area contributed by atoms with E-state index in [0.717, 1.165) is 5.56 Å². The molecule has 0 aliphatic rings. The van der Waals surface area contributed by atoms with E-state index in [9.17, 15) is 14.0 Å². The summed E-state index contributed by atoms with van der Waals surface area (Å²) in [7, 11) is 0. The van der Waals surface area contributed by atoms with Crippen molar-refractivity contribution in [3.63, 3.8) is 0 Å². The second-order valence-electron chi connectivity index (χ2n) is 5.04. The zero-order valence-corrected chi connectivity index (χ0v) is 12.7. The third-order valence-corrected chi connectivity index (χ3v) is 2.99. The van der Waals surface area contributed by atoms with Crippen molar-refractivity contribution < 1.29 is 14.0 Å². The van der Waals surface area contributed by atoms with Crippen LogP contribution in [-0.2, 0) is 16.1 Å². The van der Waals surface area contributed by atoms with Crippen LogP contribution in [0, 0.1) is 5.82 Å². The Bertz CT molecular complexity index is 686. The van der Waals surface area contributed by atoms with Crippen LogP contribution in [0.2, 0.25) is 0 Å². The molecule has 2 rings (SSSR count). The van der Waals surface area contributed by atoms with Crippen LogP contribution >= 0.6 is 0 Å². The van der Waals surface area contributed by atoms with Crippen molar-refractivity contribution >= 4 is 23.2 Å². The van der Waals surface area contributed by atoms with Gasteiger partial charge in [-0.3, -0.25) is 9.59 Å². The van der Waals surface area contributed by atoms with E-state index in [2.05, 4.69) is 16.0 Å². The third kappa shape index (κ3) is 5.88. The van der Waals surface area contributed by atoms with Gasteiger partial charge in [0.15, 0.2) is 0 Å². The number of rotatable bonds is 6. The largest absolute Gasteiger partial charge is 0.326 e. The van der Waals surface area contributed by atoms with E-state index in [1.165, 1.54) is 19.1 Å². The molecule has 0 spiro atoms. The summed E-state index contributed by atoms with van der Waals surface area (Å²) < 4.78 is 12.8. The molecule has 6 heteroatoms. The van der Waals surface area contributed by atoms with Gasteiger partial charge in [-0.25, -0.2) is 4.39 Å². The van der Waals surface area contributed by atoms with E-state index >= 15 is 0 Å². The zero-order valence-electron chi connectivity index (χ0n) is 12.7. The van der Waals surface area contributed by atoms with Gasteiger partial charge in [-0.15, -0.1) is 0 Å². The molecule has 5 nitrogen and oxygen atoms in total. The fraction of sp³-hybridized carbons (Fsp3) is 0.176. The van der Waals surface area contributed by atoms with Crippen LogP contribution in [0.1, 0.15) is 12.5 Å². The smallest absolute Gasteiger partial charge is 0.238 e. The maximum atomic E-state index is 12.8. The maximum absolute atomic E-state index is 12.8. The average Bonchev–Trinajstić information content (AvgIpc) is 2.49. The van der Waals surface area contributed by atoms with Gasteiger partial charge >= 0.3 is 0 Å². The second-order valence-corrected chi connectivity index (χ2v) is 5.04. The molecule has 120 valence electrons. The molecule has 2 aromatic rings. The quantitative estimate of drug-likeness (QED) is 0.767. The first-order chi connectivity index (χ1) is 11.0. The fourth-order valence-electron chi connectivity index (χ4n) is 2.01. The molecule has 0 aliphatic heterocycles. The Kier molecular flexibility index (Phi) is 5.82. The van der Waals surface area contributed by atoms with E-state index in [0.29, 0.717) is 17.9 Å². The third-order valence-electron chi connectivity index (χ3n) is 2.99. The fourth-order valence-corrected chi connectivity index (χ4v) is 2.01. The van der Waals surface area contributed by atoms with E-state index < -0.39 is 0 Å². The van der Waals surface area contributed by atoms with Crippen LogP contribution in [0.25, 0.3) is 0 Å². The molecule has 2 aromatic carbocycles. The number of carbonyl (C=O) groups is 2. The van der Waals surface area contributed by atoms with Gasteiger partial charge in [0, 0.05) is 24.8 Å². The molecule has 0 aliphatic carbocycles. The molecular formula is C17H18FN3O2. The molecule has 3 N–H and O–H groups in total. The van der Waals surface area contributed by atoms with Crippen molar-refractivity contribution in [1.29, 1.82) is 0 Å². The van der Waals surface area contributed by atoms with Crippen molar-refractivity contribution in [1.82, 2.24) is 5.32 Å². The van der Waals surface area contributed by atoms with Crippen LogP contribution in [0.3, 0.4) is 0 Å². The molecular weight excluding hydrogens is 297 g/mol. The molecule has 23 heavy (non-hydrogen) atoms. The van der Waals surface area contributed by atoms with Gasteiger partial charge in [-0.1, -0.05) is 18.2 Å². The Morgan fingerprint density at radius 1 is 1.00 bits per heavy atom. The summed E-state index contributed by atoms with van der Waals surface area (Å²) in [6.07, 6.45) is 0. The van der Waals surface area contributed by atoms with Crippen LogP contribution in [0.15, 0.2) is 48.5 Å². The summed E-state index contributed by atoms with van der Waals surface area (Å²) in [6, 6.07) is 13.0. The van der Waals surface area contributed by atoms with Crippen molar-refractivity contribution in [3.8, 4) is 0 Å². The Morgan fingerprint density at radius 2 is 1.65 bits per heavy atom. The van der Waals surface area contributed by atoms with Gasteiger partial charge in [0.1, 0.15) is 5.82 Å². The lowest BCUT2D eigenvalue weighted by atomic mass is 10.2. The summed E-state index contributed by atoms with van der Waals surface area (Å²) in [5.74, 6) is -0.660. The first kappa shape index (κ1) is 16.6. The van der Waals surface area contributed by atoms with Gasteiger partial charge in [-0.05, 0) is 35.9 Å². The Hall–Kier alpha value is -2.73. The van der Waals surface area contributed by atoms with Crippen molar-refractivity contribution in [2.75, 3.05) is 17.2 Å². The Balaban J connectivity index is 1.80. The topological polar surface area (TPSA) is 70.2 Å². The number of carbonyl (C=O) groups excluding carboxylic acids is 2. The Labute approximate surface area is 133 Å². The molecule has 0 saturated carbocycles. The number of amides is 2. The van der Waals surface area contributed by atoms with Gasteiger partial charge in [0.2, 0.25) is 11.8 Å². The molecule has 0 fully saturated rings. The highest BCUT2D eigenvalue weighted by molar-refractivity contribution is 5.94. The molecule has 2 amide bonds. The first-order valence-corrected chi connectivity index (χ1v) is 7.15. The number of anilines is 2. The van der Waals surface area contributed by atoms with Gasteiger partial charge in [0.25, 0.3) is 0 Å². The van der Waals surface area contributed by atoms with E-state index in [1.807, 2.05) is 0 Å². The number of hydrogen-bond acceptors (Lipinski definition) is 3. The lowest BCUT2D eigenvalue weighted by Crippen LogP contribution is -2.27. The summed E-state index contributed by atoms with van der Waals surface area (Å²) in [5.41, 5.74) is 2.12. The second kappa shape index (κ2) is 8.05. The van der Waals surface area contributed by atoms with Crippen LogP contribution < -0.4 is 16.0 Å². The first-order valence-electron chi connectivity index (χ1n) is 7.15. The lowest BCUT2D eigenvalue weighted by Gasteiger charge is -2.09. The molecule has 0 aromatic heterocycles. The molecule has 0 heterocycles.